The van der Waals surface area contributed by atoms with Crippen molar-refractivity contribution in [1.82, 2.24) is 10.2 Å². The number of rotatable bonds is 6. The maximum absolute atomic E-state index is 12.7. The first-order valence-electron chi connectivity index (χ1n) is 8.97. The Morgan fingerprint density at radius 3 is 2.46 bits per heavy atom. The summed E-state index contributed by atoms with van der Waals surface area (Å²) in [6, 6.07) is 16.4. The zero-order chi connectivity index (χ0) is 19.9. The Labute approximate surface area is 163 Å². The van der Waals surface area contributed by atoms with E-state index in [2.05, 4.69) is 20.8 Å². The van der Waals surface area contributed by atoms with Crippen LogP contribution in [0, 0.1) is 5.92 Å². The Morgan fingerprint density at radius 2 is 1.75 bits per heavy atom. The highest BCUT2D eigenvalue weighted by molar-refractivity contribution is 6.08. The third kappa shape index (κ3) is 4.97. The van der Waals surface area contributed by atoms with Gasteiger partial charge in [0.1, 0.15) is 0 Å². The molecule has 1 aromatic heterocycles. The molecular formula is C21H22N4O3. The standard InChI is InChI=1S/C21H22N4O3/c1-14(2)13-28-21(27)24-17-10-6-9-16(11-17)23-20(26)18-12-22-25-19(18)15-7-4-3-5-8-15/h3-12,14H,13H2,1-2H3,(H,22,25)(H,23,26)(H,24,27). The van der Waals surface area contributed by atoms with Gasteiger partial charge in [-0.3, -0.25) is 15.2 Å². The van der Waals surface area contributed by atoms with Crippen LogP contribution in [0.25, 0.3) is 11.3 Å². The van der Waals surface area contributed by atoms with E-state index in [9.17, 15) is 9.59 Å². The van der Waals surface area contributed by atoms with Gasteiger partial charge in [0.05, 0.1) is 24.1 Å². The van der Waals surface area contributed by atoms with Gasteiger partial charge in [-0.15, -0.1) is 0 Å². The number of ether oxygens (including phenoxy) is 1. The smallest absolute Gasteiger partial charge is 0.411 e. The lowest BCUT2D eigenvalue weighted by Gasteiger charge is -2.10. The number of hydrogen-bond acceptors (Lipinski definition) is 4. The molecule has 28 heavy (non-hydrogen) atoms. The average Bonchev–Trinajstić information content (AvgIpc) is 3.17. The van der Waals surface area contributed by atoms with Gasteiger partial charge in [-0.2, -0.15) is 5.10 Å². The van der Waals surface area contributed by atoms with E-state index >= 15 is 0 Å². The number of carbonyl (C=O) groups excluding carboxylic acids is 2. The van der Waals surface area contributed by atoms with Gasteiger partial charge in [0.2, 0.25) is 0 Å². The topological polar surface area (TPSA) is 96.1 Å². The normalized spacial score (nSPS) is 10.5. The molecule has 2 aromatic carbocycles. The number of aromatic amines is 1. The number of amides is 2. The van der Waals surface area contributed by atoms with Crippen LogP contribution in [0.5, 0.6) is 0 Å². The van der Waals surface area contributed by atoms with E-state index in [0.29, 0.717) is 29.2 Å². The first kappa shape index (κ1) is 19.2. The molecule has 0 aliphatic rings. The highest BCUT2D eigenvalue weighted by atomic mass is 16.5. The van der Waals surface area contributed by atoms with Crippen LogP contribution < -0.4 is 10.6 Å². The summed E-state index contributed by atoms with van der Waals surface area (Å²) >= 11 is 0. The molecule has 0 bridgehead atoms. The van der Waals surface area contributed by atoms with Crippen LogP contribution in [0.15, 0.2) is 60.8 Å². The van der Waals surface area contributed by atoms with Gasteiger partial charge in [0.15, 0.2) is 0 Å². The number of carbonyl (C=O) groups is 2. The molecule has 3 rings (SSSR count). The van der Waals surface area contributed by atoms with Crippen LogP contribution in [-0.4, -0.2) is 28.8 Å². The maximum Gasteiger partial charge on any atom is 0.411 e. The summed E-state index contributed by atoms with van der Waals surface area (Å²) in [4.78, 5) is 24.5. The molecule has 0 radical (unpaired) electrons. The van der Waals surface area contributed by atoms with Gasteiger partial charge in [0, 0.05) is 16.9 Å². The Morgan fingerprint density at radius 1 is 1.04 bits per heavy atom. The van der Waals surface area contributed by atoms with Crippen LogP contribution in [0.3, 0.4) is 0 Å². The van der Waals surface area contributed by atoms with Gasteiger partial charge >= 0.3 is 6.09 Å². The van der Waals surface area contributed by atoms with Crippen molar-refractivity contribution in [2.45, 2.75) is 13.8 Å². The van der Waals surface area contributed by atoms with Crippen LogP contribution >= 0.6 is 0 Å². The van der Waals surface area contributed by atoms with E-state index in [1.54, 1.807) is 24.3 Å². The second kappa shape index (κ2) is 8.85. The molecule has 0 aliphatic heterocycles. The van der Waals surface area contributed by atoms with Crippen molar-refractivity contribution in [3.63, 3.8) is 0 Å². The zero-order valence-corrected chi connectivity index (χ0v) is 15.7. The molecule has 3 aromatic rings. The van der Waals surface area contributed by atoms with E-state index < -0.39 is 6.09 Å². The highest BCUT2D eigenvalue weighted by Gasteiger charge is 2.15. The molecule has 0 fully saturated rings. The van der Waals surface area contributed by atoms with Crippen molar-refractivity contribution in [1.29, 1.82) is 0 Å². The molecule has 144 valence electrons. The van der Waals surface area contributed by atoms with Crippen LogP contribution in [0.4, 0.5) is 16.2 Å². The number of benzene rings is 2. The second-order valence-electron chi connectivity index (χ2n) is 6.68. The molecule has 1 heterocycles. The summed E-state index contributed by atoms with van der Waals surface area (Å²) in [7, 11) is 0. The van der Waals surface area contributed by atoms with E-state index in [1.807, 2.05) is 44.2 Å². The van der Waals surface area contributed by atoms with Gasteiger partial charge in [-0.25, -0.2) is 4.79 Å². The van der Waals surface area contributed by atoms with Crippen LogP contribution in [-0.2, 0) is 4.74 Å². The third-order valence-electron chi connectivity index (χ3n) is 3.86. The fourth-order valence-electron chi connectivity index (χ4n) is 2.55. The molecular weight excluding hydrogens is 356 g/mol. The third-order valence-corrected chi connectivity index (χ3v) is 3.86. The van der Waals surface area contributed by atoms with Gasteiger partial charge in [-0.05, 0) is 24.1 Å². The molecule has 0 unspecified atom stereocenters. The molecule has 7 heteroatoms. The maximum atomic E-state index is 12.7. The number of aromatic nitrogens is 2. The molecule has 0 spiro atoms. The van der Waals surface area contributed by atoms with E-state index in [1.165, 1.54) is 6.20 Å². The highest BCUT2D eigenvalue weighted by Crippen LogP contribution is 2.22. The fraction of sp³-hybridized carbons (Fsp3) is 0.190. The Kier molecular flexibility index (Phi) is 6.06. The summed E-state index contributed by atoms with van der Waals surface area (Å²) < 4.78 is 5.10. The summed E-state index contributed by atoms with van der Waals surface area (Å²) in [6.07, 6.45) is 0.960. The molecule has 0 saturated heterocycles. The quantitative estimate of drug-likeness (QED) is 0.587. The largest absolute Gasteiger partial charge is 0.449 e. The van der Waals surface area contributed by atoms with Crippen molar-refractivity contribution < 1.29 is 14.3 Å². The Bertz CT molecular complexity index is 951. The van der Waals surface area contributed by atoms with E-state index in [0.717, 1.165) is 5.56 Å². The summed E-state index contributed by atoms with van der Waals surface area (Å²) in [5, 5.41) is 12.3. The number of hydrogen-bond donors (Lipinski definition) is 3. The van der Waals surface area contributed by atoms with Gasteiger partial charge in [0.25, 0.3) is 5.91 Å². The van der Waals surface area contributed by atoms with Gasteiger partial charge in [-0.1, -0.05) is 50.2 Å². The SMILES string of the molecule is CC(C)COC(=O)Nc1cccc(NC(=O)c2cn[nH]c2-c2ccccc2)c1. The lowest BCUT2D eigenvalue weighted by atomic mass is 10.1. The molecule has 0 atom stereocenters. The summed E-state index contributed by atoms with van der Waals surface area (Å²) in [5.41, 5.74) is 3.02. The molecule has 7 nitrogen and oxygen atoms in total. The summed E-state index contributed by atoms with van der Waals surface area (Å²) in [6.45, 7) is 4.26. The minimum Gasteiger partial charge on any atom is -0.449 e. The zero-order valence-electron chi connectivity index (χ0n) is 15.7. The van der Waals surface area contributed by atoms with E-state index in [4.69, 9.17) is 4.74 Å². The average molecular weight is 378 g/mol. The lowest BCUT2D eigenvalue weighted by molar-refractivity contribution is 0.102. The lowest BCUT2D eigenvalue weighted by Crippen LogP contribution is -2.17. The first-order chi connectivity index (χ1) is 13.5. The minimum atomic E-state index is -0.529. The monoisotopic (exact) mass is 378 g/mol. The van der Waals surface area contributed by atoms with Crippen LogP contribution in [0.1, 0.15) is 24.2 Å². The van der Waals surface area contributed by atoms with Crippen molar-refractivity contribution in [2.75, 3.05) is 17.2 Å². The number of nitrogens with zero attached hydrogens (tertiary/aromatic N) is 1. The van der Waals surface area contributed by atoms with E-state index in [-0.39, 0.29) is 11.8 Å². The minimum absolute atomic E-state index is 0.255. The number of nitrogens with one attached hydrogen (secondary N) is 3. The molecule has 0 saturated carbocycles. The van der Waals surface area contributed by atoms with Crippen molar-refractivity contribution >= 4 is 23.4 Å². The van der Waals surface area contributed by atoms with Crippen molar-refractivity contribution in [3.05, 3.63) is 66.4 Å². The predicted octanol–water partition coefficient (Wildman–Crippen LogP) is 4.53. The van der Waals surface area contributed by atoms with Crippen molar-refractivity contribution in [2.24, 2.45) is 5.92 Å². The predicted molar refractivity (Wildman–Crippen MR) is 108 cm³/mol. The van der Waals surface area contributed by atoms with Crippen LogP contribution in [0.2, 0.25) is 0 Å². The summed E-state index contributed by atoms with van der Waals surface area (Å²) in [5.74, 6) is -0.0442. The first-order valence-corrected chi connectivity index (χ1v) is 8.97. The molecule has 0 aliphatic carbocycles. The number of H-pyrrole nitrogens is 1. The van der Waals surface area contributed by atoms with Crippen molar-refractivity contribution in [3.8, 4) is 11.3 Å². The second-order valence-corrected chi connectivity index (χ2v) is 6.68. The molecule has 2 amide bonds. The van der Waals surface area contributed by atoms with Gasteiger partial charge < -0.3 is 10.1 Å². The molecule has 3 N–H and O–H groups in total. The fourth-order valence-corrected chi connectivity index (χ4v) is 2.55. The Hall–Kier alpha value is -3.61. The Balaban J connectivity index is 1.69. The number of anilines is 2.